The van der Waals surface area contributed by atoms with Gasteiger partial charge in [-0.25, -0.2) is 19.0 Å². The average molecular weight is 369 g/mol. The molecule has 142 valence electrons. The molecule has 0 unspecified atom stereocenters. The zero-order valence-electron chi connectivity index (χ0n) is 15.6. The molecule has 2 heterocycles. The second-order valence-corrected chi connectivity index (χ2v) is 6.21. The van der Waals surface area contributed by atoms with E-state index in [0.29, 0.717) is 24.6 Å². The summed E-state index contributed by atoms with van der Waals surface area (Å²) in [6.45, 7) is 5.47. The van der Waals surface area contributed by atoms with Crippen LogP contribution in [0.2, 0.25) is 0 Å². The number of hydrogen-bond donors (Lipinski definition) is 2. The molecule has 0 aromatic carbocycles. The Morgan fingerprint density at radius 2 is 2.30 bits per heavy atom. The molecule has 2 aromatic heterocycles. The summed E-state index contributed by atoms with van der Waals surface area (Å²) in [6.07, 6.45) is 10.8. The van der Waals surface area contributed by atoms with Crippen LogP contribution in [0, 0.1) is 0 Å². The Bertz CT molecular complexity index is 866. The van der Waals surface area contributed by atoms with Crippen molar-refractivity contribution in [3.8, 4) is 11.3 Å². The lowest BCUT2D eigenvalue weighted by Crippen LogP contribution is -2.12. The van der Waals surface area contributed by atoms with E-state index in [9.17, 15) is 4.39 Å². The zero-order chi connectivity index (χ0) is 19.1. The van der Waals surface area contributed by atoms with E-state index in [0.717, 1.165) is 36.4 Å². The van der Waals surface area contributed by atoms with Gasteiger partial charge in [-0.05, 0) is 32.4 Å². The molecule has 0 spiro atoms. The molecule has 2 aromatic rings. The highest BCUT2D eigenvalue weighted by Gasteiger charge is 2.12. The SMILES string of the molecule is CCN/N=C(/C)CCNc1nccc(-c2cnn(C3=C(F)CCC=C3)c2)n1. The van der Waals surface area contributed by atoms with Gasteiger partial charge in [0.15, 0.2) is 0 Å². The maximum atomic E-state index is 14.0. The monoisotopic (exact) mass is 369 g/mol. The van der Waals surface area contributed by atoms with Gasteiger partial charge in [-0.15, -0.1) is 0 Å². The number of nitrogens with zero attached hydrogens (tertiary/aromatic N) is 5. The van der Waals surface area contributed by atoms with Crippen molar-refractivity contribution in [1.29, 1.82) is 0 Å². The van der Waals surface area contributed by atoms with Crippen molar-refractivity contribution in [2.75, 3.05) is 18.4 Å². The number of allylic oxidation sites excluding steroid dienone is 4. The molecule has 0 radical (unpaired) electrons. The quantitative estimate of drug-likeness (QED) is 0.549. The number of rotatable bonds is 8. The number of halogens is 1. The van der Waals surface area contributed by atoms with E-state index in [2.05, 4.69) is 30.9 Å². The van der Waals surface area contributed by atoms with Crippen molar-refractivity contribution >= 4 is 17.4 Å². The number of hydrazone groups is 1. The molecule has 0 fully saturated rings. The van der Waals surface area contributed by atoms with Crippen LogP contribution in [0.5, 0.6) is 0 Å². The summed E-state index contributed by atoms with van der Waals surface area (Å²) in [4.78, 5) is 8.77. The second kappa shape index (κ2) is 9.07. The number of aromatic nitrogens is 4. The molecule has 0 amide bonds. The molecule has 3 rings (SSSR count). The van der Waals surface area contributed by atoms with Gasteiger partial charge in [-0.2, -0.15) is 10.2 Å². The molecule has 8 heteroatoms. The Kier molecular flexibility index (Phi) is 6.30. The van der Waals surface area contributed by atoms with Gasteiger partial charge >= 0.3 is 0 Å². The highest BCUT2D eigenvalue weighted by Crippen LogP contribution is 2.25. The summed E-state index contributed by atoms with van der Waals surface area (Å²) < 4.78 is 15.6. The van der Waals surface area contributed by atoms with E-state index in [4.69, 9.17) is 0 Å². The molecule has 0 atom stereocenters. The fourth-order valence-corrected chi connectivity index (χ4v) is 2.64. The predicted octanol–water partition coefficient (Wildman–Crippen LogP) is 3.62. The van der Waals surface area contributed by atoms with Crippen LogP contribution in [0.25, 0.3) is 17.0 Å². The van der Waals surface area contributed by atoms with Crippen molar-refractivity contribution in [3.05, 3.63) is 42.6 Å². The van der Waals surface area contributed by atoms with Gasteiger partial charge in [0.05, 0.1) is 17.6 Å². The highest BCUT2D eigenvalue weighted by molar-refractivity contribution is 5.82. The lowest BCUT2D eigenvalue weighted by atomic mass is 10.1. The number of hydrogen-bond acceptors (Lipinski definition) is 6. The van der Waals surface area contributed by atoms with Gasteiger partial charge < -0.3 is 10.7 Å². The summed E-state index contributed by atoms with van der Waals surface area (Å²) in [7, 11) is 0. The van der Waals surface area contributed by atoms with Gasteiger partial charge in [0.25, 0.3) is 0 Å². The molecule has 7 nitrogen and oxygen atoms in total. The van der Waals surface area contributed by atoms with Crippen molar-refractivity contribution in [2.24, 2.45) is 5.10 Å². The van der Waals surface area contributed by atoms with E-state index in [1.807, 2.05) is 26.0 Å². The lowest BCUT2D eigenvalue weighted by molar-refractivity contribution is 0.582. The van der Waals surface area contributed by atoms with Crippen LogP contribution in [0.15, 0.2) is 47.7 Å². The first kappa shape index (κ1) is 18.8. The van der Waals surface area contributed by atoms with Crippen LogP contribution in [0.4, 0.5) is 10.3 Å². The lowest BCUT2D eigenvalue weighted by Gasteiger charge is -2.09. The third-order valence-corrected chi connectivity index (χ3v) is 4.06. The predicted molar refractivity (Wildman–Crippen MR) is 106 cm³/mol. The molecule has 0 saturated heterocycles. The second-order valence-electron chi connectivity index (χ2n) is 6.21. The van der Waals surface area contributed by atoms with Crippen LogP contribution in [0.3, 0.4) is 0 Å². The Morgan fingerprint density at radius 1 is 1.41 bits per heavy atom. The normalized spacial score (nSPS) is 14.6. The van der Waals surface area contributed by atoms with Crippen molar-refractivity contribution in [2.45, 2.75) is 33.1 Å². The number of nitrogens with one attached hydrogen (secondary N) is 2. The van der Waals surface area contributed by atoms with E-state index in [-0.39, 0.29) is 5.83 Å². The summed E-state index contributed by atoms with van der Waals surface area (Å²) >= 11 is 0. The van der Waals surface area contributed by atoms with Gasteiger partial charge in [0.1, 0.15) is 5.83 Å². The molecule has 1 aliphatic rings. The van der Waals surface area contributed by atoms with Gasteiger partial charge in [0.2, 0.25) is 5.95 Å². The fraction of sp³-hybridized carbons (Fsp3) is 0.368. The van der Waals surface area contributed by atoms with Gasteiger partial charge in [-0.3, -0.25) is 0 Å². The Morgan fingerprint density at radius 3 is 3.11 bits per heavy atom. The zero-order valence-corrected chi connectivity index (χ0v) is 15.6. The summed E-state index contributed by atoms with van der Waals surface area (Å²) in [6, 6.07) is 1.81. The fourth-order valence-electron chi connectivity index (χ4n) is 2.64. The topological polar surface area (TPSA) is 80.0 Å². The first-order valence-corrected chi connectivity index (χ1v) is 9.11. The van der Waals surface area contributed by atoms with Crippen LogP contribution >= 0.6 is 0 Å². The van der Waals surface area contributed by atoms with E-state index < -0.39 is 0 Å². The standard InChI is InChI=1S/C19H24FN7/c1-3-23-26-14(2)8-10-21-19-22-11-9-17(25-19)15-12-24-27(13-15)18-7-5-4-6-16(18)20/h5,7,9,11-13,23H,3-4,6,8,10H2,1-2H3,(H,21,22,25)/b26-14-. The third kappa shape index (κ3) is 4.99. The van der Waals surface area contributed by atoms with Crippen molar-refractivity contribution < 1.29 is 4.39 Å². The minimum absolute atomic E-state index is 0.146. The molecule has 0 bridgehead atoms. The first-order valence-electron chi connectivity index (χ1n) is 9.11. The van der Waals surface area contributed by atoms with Crippen LogP contribution in [-0.2, 0) is 0 Å². The van der Waals surface area contributed by atoms with E-state index in [1.54, 1.807) is 29.3 Å². The summed E-state index contributed by atoms with van der Waals surface area (Å²) in [5.41, 5.74) is 5.98. The maximum absolute atomic E-state index is 14.0. The van der Waals surface area contributed by atoms with Gasteiger partial charge in [-0.1, -0.05) is 6.08 Å². The van der Waals surface area contributed by atoms with E-state index in [1.165, 1.54) is 0 Å². The first-order chi connectivity index (χ1) is 13.2. The Hall–Kier alpha value is -3.03. The molecule has 27 heavy (non-hydrogen) atoms. The van der Waals surface area contributed by atoms with Crippen molar-refractivity contribution in [3.63, 3.8) is 0 Å². The molecular weight excluding hydrogens is 345 g/mol. The van der Waals surface area contributed by atoms with E-state index >= 15 is 0 Å². The Balaban J connectivity index is 1.67. The number of anilines is 1. The van der Waals surface area contributed by atoms with Crippen molar-refractivity contribution in [1.82, 2.24) is 25.2 Å². The van der Waals surface area contributed by atoms with Crippen LogP contribution < -0.4 is 10.7 Å². The molecule has 2 N–H and O–H groups in total. The minimum atomic E-state index is -0.146. The highest BCUT2D eigenvalue weighted by atomic mass is 19.1. The minimum Gasteiger partial charge on any atom is -0.354 e. The molecule has 1 aliphatic carbocycles. The third-order valence-electron chi connectivity index (χ3n) is 4.06. The van der Waals surface area contributed by atoms with Crippen LogP contribution in [0.1, 0.15) is 33.1 Å². The Labute approximate surface area is 158 Å². The maximum Gasteiger partial charge on any atom is 0.223 e. The summed E-state index contributed by atoms with van der Waals surface area (Å²) in [5.74, 6) is 0.395. The molecular formula is C19H24FN7. The average Bonchev–Trinajstić information content (AvgIpc) is 3.17. The molecule has 0 saturated carbocycles. The molecule has 0 aliphatic heterocycles. The van der Waals surface area contributed by atoms with Crippen LogP contribution in [-0.4, -0.2) is 38.5 Å². The summed E-state index contributed by atoms with van der Waals surface area (Å²) in [5, 5.41) is 11.7. The van der Waals surface area contributed by atoms with Gasteiger partial charge in [0, 0.05) is 49.6 Å². The smallest absolute Gasteiger partial charge is 0.223 e. The largest absolute Gasteiger partial charge is 0.354 e.